The van der Waals surface area contributed by atoms with Gasteiger partial charge in [0.15, 0.2) is 0 Å². The lowest BCUT2D eigenvalue weighted by Gasteiger charge is -2.10. The average molecular weight is 324 g/mol. The number of anilines is 2. The molecule has 6 heteroatoms. The summed E-state index contributed by atoms with van der Waals surface area (Å²) < 4.78 is 5.43. The molecular formula is C18H20N4O2. The van der Waals surface area contributed by atoms with Gasteiger partial charge in [-0.15, -0.1) is 0 Å². The van der Waals surface area contributed by atoms with Gasteiger partial charge in [0.1, 0.15) is 11.6 Å². The summed E-state index contributed by atoms with van der Waals surface area (Å²) in [6, 6.07) is 1.93. The van der Waals surface area contributed by atoms with Gasteiger partial charge in [-0.3, -0.25) is 4.79 Å². The van der Waals surface area contributed by atoms with Gasteiger partial charge in [-0.05, 0) is 36.3 Å². The Bertz CT molecular complexity index is 819. The molecular weight excluding hydrogens is 304 g/mol. The second-order valence-corrected chi connectivity index (χ2v) is 6.30. The zero-order chi connectivity index (χ0) is 16.5. The molecule has 1 aliphatic heterocycles. The Morgan fingerprint density at radius 3 is 2.88 bits per heavy atom. The molecule has 1 saturated carbocycles. The zero-order valence-corrected chi connectivity index (χ0v) is 13.6. The summed E-state index contributed by atoms with van der Waals surface area (Å²) in [5, 5.41) is 7.98. The zero-order valence-electron chi connectivity index (χ0n) is 13.6. The molecule has 2 aromatic heterocycles. The predicted octanol–water partition coefficient (Wildman–Crippen LogP) is 2.82. The van der Waals surface area contributed by atoms with Crippen molar-refractivity contribution in [2.45, 2.75) is 19.3 Å². The summed E-state index contributed by atoms with van der Waals surface area (Å²) in [5.41, 5.74) is 2.28. The molecule has 0 radical (unpaired) electrons. The van der Waals surface area contributed by atoms with Crippen LogP contribution in [0.25, 0.3) is 16.8 Å². The van der Waals surface area contributed by atoms with E-state index in [2.05, 4.69) is 26.7 Å². The minimum Gasteiger partial charge on any atom is -0.377 e. The molecule has 2 aliphatic rings. The highest BCUT2D eigenvalue weighted by Gasteiger charge is 2.29. The van der Waals surface area contributed by atoms with Gasteiger partial charge in [0, 0.05) is 36.3 Å². The largest absolute Gasteiger partial charge is 0.377 e. The Morgan fingerprint density at radius 2 is 2.17 bits per heavy atom. The van der Waals surface area contributed by atoms with Crippen molar-refractivity contribution in [3.05, 3.63) is 29.6 Å². The van der Waals surface area contributed by atoms with E-state index in [1.54, 1.807) is 6.20 Å². The minimum absolute atomic E-state index is 0.0637. The number of hydrogen-bond donors (Lipinski definition) is 2. The maximum atomic E-state index is 12.0. The normalized spacial score (nSPS) is 19.0. The number of nitrogens with zero attached hydrogens (tertiary/aromatic N) is 2. The summed E-state index contributed by atoms with van der Waals surface area (Å²) in [6.45, 7) is 1.45. The van der Waals surface area contributed by atoms with Crippen LogP contribution in [0.2, 0.25) is 0 Å². The van der Waals surface area contributed by atoms with E-state index >= 15 is 0 Å². The lowest BCUT2D eigenvalue weighted by Crippen LogP contribution is -2.14. The van der Waals surface area contributed by atoms with Crippen molar-refractivity contribution in [2.75, 3.05) is 30.9 Å². The van der Waals surface area contributed by atoms with E-state index < -0.39 is 0 Å². The van der Waals surface area contributed by atoms with Gasteiger partial charge in [-0.25, -0.2) is 9.97 Å². The van der Waals surface area contributed by atoms with Crippen molar-refractivity contribution in [2.24, 2.45) is 5.92 Å². The fourth-order valence-corrected chi connectivity index (χ4v) is 2.92. The van der Waals surface area contributed by atoms with Crippen LogP contribution in [0.3, 0.4) is 0 Å². The Kier molecular flexibility index (Phi) is 3.90. The van der Waals surface area contributed by atoms with Crippen molar-refractivity contribution in [3.63, 3.8) is 0 Å². The van der Waals surface area contributed by atoms with Gasteiger partial charge in [-0.1, -0.05) is 6.08 Å². The van der Waals surface area contributed by atoms with Crippen LogP contribution in [0.15, 0.2) is 24.0 Å². The second-order valence-electron chi connectivity index (χ2n) is 6.30. The number of fused-ring (bicyclic) bond motifs is 1. The summed E-state index contributed by atoms with van der Waals surface area (Å²) >= 11 is 0. The first-order valence-electron chi connectivity index (χ1n) is 8.29. The number of amides is 1. The standard InChI is InChI=1S/C18H20N4O2/c1-19-17-15-9-20-16(22-18(23)12-2-3-12)7-14(15)13(8-21-17)6-11-4-5-24-10-11/h6-9,12H,2-5,10H2,1H3,(H,19,21)(H,20,22,23). The van der Waals surface area contributed by atoms with E-state index in [1.807, 2.05) is 19.3 Å². The summed E-state index contributed by atoms with van der Waals surface area (Å²) in [7, 11) is 1.84. The van der Waals surface area contributed by atoms with Crippen LogP contribution < -0.4 is 10.6 Å². The molecule has 0 bridgehead atoms. The number of ether oxygens (including phenoxy) is 1. The molecule has 0 aromatic carbocycles. The van der Waals surface area contributed by atoms with Crippen molar-refractivity contribution >= 4 is 34.4 Å². The topological polar surface area (TPSA) is 76.1 Å². The van der Waals surface area contributed by atoms with Gasteiger partial charge in [0.25, 0.3) is 0 Å². The van der Waals surface area contributed by atoms with Crippen molar-refractivity contribution in [3.8, 4) is 0 Å². The van der Waals surface area contributed by atoms with E-state index in [0.717, 1.165) is 48.0 Å². The van der Waals surface area contributed by atoms with E-state index in [9.17, 15) is 4.79 Å². The van der Waals surface area contributed by atoms with Gasteiger partial charge in [-0.2, -0.15) is 0 Å². The Labute approximate surface area is 140 Å². The molecule has 2 N–H and O–H groups in total. The van der Waals surface area contributed by atoms with Crippen LogP contribution in [0.5, 0.6) is 0 Å². The lowest BCUT2D eigenvalue weighted by molar-refractivity contribution is -0.117. The molecule has 1 aliphatic carbocycles. The molecule has 3 heterocycles. The highest BCUT2D eigenvalue weighted by molar-refractivity contribution is 6.00. The van der Waals surface area contributed by atoms with Gasteiger partial charge >= 0.3 is 0 Å². The fraction of sp³-hybridized carbons (Fsp3) is 0.389. The number of carbonyl (C=O) groups excluding carboxylic acids is 1. The van der Waals surface area contributed by atoms with Gasteiger partial charge in [0.05, 0.1) is 13.2 Å². The van der Waals surface area contributed by atoms with E-state index in [1.165, 1.54) is 5.57 Å². The minimum atomic E-state index is 0.0637. The molecule has 0 atom stereocenters. The SMILES string of the molecule is CNc1ncc(C=C2CCOC2)c2cc(NC(=O)C3CC3)ncc12. The molecule has 0 spiro atoms. The molecule has 0 unspecified atom stereocenters. The molecule has 1 amide bonds. The Morgan fingerprint density at radius 1 is 1.29 bits per heavy atom. The van der Waals surface area contributed by atoms with Crippen LogP contribution in [-0.2, 0) is 9.53 Å². The number of aromatic nitrogens is 2. The monoisotopic (exact) mass is 324 g/mol. The van der Waals surface area contributed by atoms with E-state index in [0.29, 0.717) is 12.4 Å². The Balaban J connectivity index is 1.75. The second kappa shape index (κ2) is 6.20. The van der Waals surface area contributed by atoms with Gasteiger partial charge in [0.2, 0.25) is 5.91 Å². The van der Waals surface area contributed by atoms with Crippen molar-refractivity contribution < 1.29 is 9.53 Å². The third-order valence-corrected chi connectivity index (χ3v) is 4.45. The molecule has 4 rings (SSSR count). The van der Waals surface area contributed by atoms with Crippen LogP contribution >= 0.6 is 0 Å². The molecule has 6 nitrogen and oxygen atoms in total. The number of carbonyl (C=O) groups is 1. The molecule has 2 aromatic rings. The van der Waals surface area contributed by atoms with Crippen molar-refractivity contribution in [1.29, 1.82) is 0 Å². The quantitative estimate of drug-likeness (QED) is 0.904. The first-order chi connectivity index (χ1) is 11.7. The first-order valence-corrected chi connectivity index (χ1v) is 8.29. The molecule has 1 saturated heterocycles. The fourth-order valence-electron chi connectivity index (χ4n) is 2.92. The smallest absolute Gasteiger partial charge is 0.228 e. The van der Waals surface area contributed by atoms with Crippen LogP contribution in [-0.4, -0.2) is 36.1 Å². The third-order valence-electron chi connectivity index (χ3n) is 4.45. The molecule has 124 valence electrons. The lowest BCUT2D eigenvalue weighted by atomic mass is 10.1. The maximum Gasteiger partial charge on any atom is 0.228 e. The highest BCUT2D eigenvalue weighted by atomic mass is 16.5. The summed E-state index contributed by atoms with van der Waals surface area (Å²) in [6.07, 6.45) is 8.66. The number of hydrogen-bond acceptors (Lipinski definition) is 5. The number of nitrogens with one attached hydrogen (secondary N) is 2. The van der Waals surface area contributed by atoms with Crippen LogP contribution in [0.4, 0.5) is 11.6 Å². The van der Waals surface area contributed by atoms with Crippen LogP contribution in [0.1, 0.15) is 24.8 Å². The summed E-state index contributed by atoms with van der Waals surface area (Å²) in [4.78, 5) is 20.8. The van der Waals surface area contributed by atoms with E-state index in [-0.39, 0.29) is 11.8 Å². The first kappa shape index (κ1) is 15.1. The molecule has 24 heavy (non-hydrogen) atoms. The predicted molar refractivity (Wildman–Crippen MR) is 93.9 cm³/mol. The summed E-state index contributed by atoms with van der Waals surface area (Å²) in [5.74, 6) is 1.59. The van der Waals surface area contributed by atoms with E-state index in [4.69, 9.17) is 4.74 Å². The van der Waals surface area contributed by atoms with Crippen molar-refractivity contribution in [1.82, 2.24) is 9.97 Å². The average Bonchev–Trinajstić information content (AvgIpc) is 3.33. The third kappa shape index (κ3) is 2.97. The number of rotatable bonds is 4. The number of pyridine rings is 2. The Hall–Kier alpha value is -2.47. The highest BCUT2D eigenvalue weighted by Crippen LogP contribution is 2.31. The van der Waals surface area contributed by atoms with Crippen LogP contribution in [0, 0.1) is 5.92 Å². The maximum absolute atomic E-state index is 12.0. The van der Waals surface area contributed by atoms with Gasteiger partial charge < -0.3 is 15.4 Å². The molecule has 2 fully saturated rings.